The van der Waals surface area contributed by atoms with Crippen LogP contribution in [-0.4, -0.2) is 18.8 Å². The summed E-state index contributed by atoms with van der Waals surface area (Å²) in [5, 5.41) is 4.01. The van der Waals surface area contributed by atoms with Crippen molar-refractivity contribution in [1.29, 1.82) is 0 Å². The standard InChI is InChI=1S/C29H29F3N2O2Si/c1-28(2,3)37(4,5)24-15-17-14-18(10-11-19(17)26(24)35)34-25-21-12-13-33-16-23(21)36-27(25)20-8-6-7-9-22(20)29(30,31)32/h6-14,16,24,34H,15H2,1-5H3. The smallest absolute Gasteiger partial charge is 0.417 e. The van der Waals surface area contributed by atoms with Gasteiger partial charge in [0.1, 0.15) is 0 Å². The number of nitrogens with zero attached hydrogens (tertiary/aromatic N) is 1. The van der Waals surface area contributed by atoms with Crippen molar-refractivity contribution >= 4 is 36.2 Å². The molecule has 8 heteroatoms. The van der Waals surface area contributed by atoms with Crippen molar-refractivity contribution in [3.8, 4) is 11.3 Å². The number of halogens is 3. The maximum atomic E-state index is 13.8. The molecule has 0 amide bonds. The molecular weight excluding hydrogens is 493 g/mol. The molecule has 2 heterocycles. The molecule has 2 aromatic heterocycles. The molecule has 1 N–H and O–H groups in total. The molecule has 5 rings (SSSR count). The van der Waals surface area contributed by atoms with Gasteiger partial charge in [0, 0.05) is 33.9 Å². The summed E-state index contributed by atoms with van der Waals surface area (Å²) in [6.45, 7) is 11.2. The lowest BCUT2D eigenvalue weighted by molar-refractivity contribution is -0.137. The molecular formula is C29H29F3N2O2Si. The normalized spacial score (nSPS) is 16.3. The number of pyridine rings is 1. The molecule has 0 bridgehead atoms. The Balaban J connectivity index is 1.57. The first-order valence-corrected chi connectivity index (χ1v) is 15.3. The first-order chi connectivity index (χ1) is 17.3. The van der Waals surface area contributed by atoms with Crippen molar-refractivity contribution in [2.24, 2.45) is 0 Å². The molecule has 192 valence electrons. The minimum absolute atomic E-state index is 0.00666. The zero-order valence-corrected chi connectivity index (χ0v) is 22.5. The van der Waals surface area contributed by atoms with Gasteiger partial charge in [0.15, 0.2) is 17.1 Å². The number of alkyl halides is 3. The maximum absolute atomic E-state index is 13.8. The van der Waals surface area contributed by atoms with Gasteiger partial charge in [-0.2, -0.15) is 13.2 Å². The van der Waals surface area contributed by atoms with Crippen molar-refractivity contribution in [1.82, 2.24) is 4.98 Å². The number of furan rings is 1. The third kappa shape index (κ3) is 4.27. The van der Waals surface area contributed by atoms with Crippen LogP contribution in [0.3, 0.4) is 0 Å². The fourth-order valence-electron chi connectivity index (χ4n) is 5.02. The van der Waals surface area contributed by atoms with E-state index in [9.17, 15) is 18.0 Å². The number of carbonyl (C=O) groups excluding carboxylic acids is 1. The van der Waals surface area contributed by atoms with Crippen LogP contribution in [-0.2, 0) is 12.6 Å². The van der Waals surface area contributed by atoms with E-state index in [4.69, 9.17) is 4.42 Å². The summed E-state index contributed by atoms with van der Waals surface area (Å²) in [4.78, 5) is 17.4. The van der Waals surface area contributed by atoms with Gasteiger partial charge in [-0.3, -0.25) is 9.78 Å². The Morgan fingerprint density at radius 3 is 2.46 bits per heavy atom. The number of rotatable bonds is 4. The molecule has 4 nitrogen and oxygen atoms in total. The monoisotopic (exact) mass is 522 g/mol. The highest BCUT2D eigenvalue weighted by molar-refractivity contribution is 6.84. The van der Waals surface area contributed by atoms with Crippen molar-refractivity contribution in [3.05, 3.63) is 77.6 Å². The summed E-state index contributed by atoms with van der Waals surface area (Å²) in [7, 11) is -1.93. The number of Topliss-reactive ketones (excluding diaryl/α,β-unsaturated/α-hetero) is 1. The number of aromatic nitrogens is 1. The minimum atomic E-state index is -4.54. The van der Waals surface area contributed by atoms with Gasteiger partial charge in [0.25, 0.3) is 0 Å². The second kappa shape index (κ2) is 8.58. The highest BCUT2D eigenvalue weighted by atomic mass is 28.3. The van der Waals surface area contributed by atoms with Crippen LogP contribution in [0, 0.1) is 0 Å². The van der Waals surface area contributed by atoms with Crippen LogP contribution in [0.2, 0.25) is 23.7 Å². The molecule has 1 unspecified atom stereocenters. The van der Waals surface area contributed by atoms with Crippen LogP contribution in [0.25, 0.3) is 22.3 Å². The number of anilines is 2. The average Bonchev–Trinajstić information content (AvgIpc) is 3.36. The van der Waals surface area contributed by atoms with Crippen molar-refractivity contribution in [3.63, 3.8) is 0 Å². The number of hydrogen-bond donors (Lipinski definition) is 1. The van der Waals surface area contributed by atoms with Crippen LogP contribution < -0.4 is 5.32 Å². The van der Waals surface area contributed by atoms with Gasteiger partial charge in [0.2, 0.25) is 0 Å². The molecule has 1 atom stereocenters. The van der Waals surface area contributed by atoms with Gasteiger partial charge in [-0.1, -0.05) is 52.1 Å². The Kier molecular flexibility index (Phi) is 5.86. The quantitative estimate of drug-likeness (QED) is 0.272. The second-order valence-electron chi connectivity index (χ2n) is 11.3. The summed E-state index contributed by atoms with van der Waals surface area (Å²) in [6.07, 6.45) is -0.795. The van der Waals surface area contributed by atoms with E-state index in [1.807, 2.05) is 18.2 Å². The van der Waals surface area contributed by atoms with E-state index in [1.54, 1.807) is 18.3 Å². The Morgan fingerprint density at radius 1 is 1.03 bits per heavy atom. The van der Waals surface area contributed by atoms with Crippen molar-refractivity contribution in [2.75, 3.05) is 5.32 Å². The number of hydrogen-bond acceptors (Lipinski definition) is 4. The van der Waals surface area contributed by atoms with Gasteiger partial charge in [-0.05, 0) is 47.4 Å². The van der Waals surface area contributed by atoms with Crippen LogP contribution in [0.5, 0.6) is 0 Å². The summed E-state index contributed by atoms with van der Waals surface area (Å²) in [6, 6.07) is 12.7. The van der Waals surface area contributed by atoms with Crippen LogP contribution in [0.1, 0.15) is 42.3 Å². The molecule has 1 aliphatic rings. The topological polar surface area (TPSA) is 55.1 Å². The predicted molar refractivity (Wildman–Crippen MR) is 143 cm³/mol. The van der Waals surface area contributed by atoms with E-state index >= 15 is 0 Å². The lowest BCUT2D eigenvalue weighted by Gasteiger charge is -2.41. The third-order valence-corrected chi connectivity index (χ3v) is 14.2. The Morgan fingerprint density at radius 2 is 1.76 bits per heavy atom. The molecule has 0 radical (unpaired) electrons. The van der Waals surface area contributed by atoms with E-state index in [2.05, 4.69) is 44.2 Å². The lowest BCUT2D eigenvalue weighted by atomic mass is 10.0. The number of benzene rings is 2. The molecule has 2 aromatic carbocycles. The van der Waals surface area contributed by atoms with Crippen LogP contribution >= 0.6 is 0 Å². The summed E-state index contributed by atoms with van der Waals surface area (Å²) in [5.41, 5.74) is 2.37. The molecule has 0 aliphatic heterocycles. The second-order valence-corrected chi connectivity index (χ2v) is 17.0. The molecule has 0 spiro atoms. The molecule has 1 aliphatic carbocycles. The Labute approximate surface area is 214 Å². The van der Waals surface area contributed by atoms with Crippen molar-refractivity contribution in [2.45, 2.75) is 57.0 Å². The summed E-state index contributed by atoms with van der Waals surface area (Å²) >= 11 is 0. The number of fused-ring (bicyclic) bond motifs is 2. The zero-order chi connectivity index (χ0) is 26.8. The fourth-order valence-corrected chi connectivity index (χ4v) is 7.61. The van der Waals surface area contributed by atoms with Crippen LogP contribution in [0.15, 0.2) is 65.3 Å². The molecule has 0 saturated carbocycles. The van der Waals surface area contributed by atoms with Crippen LogP contribution in [0.4, 0.5) is 24.5 Å². The number of carbonyl (C=O) groups is 1. The first-order valence-electron chi connectivity index (χ1n) is 12.3. The van der Waals surface area contributed by atoms with E-state index in [0.29, 0.717) is 28.8 Å². The van der Waals surface area contributed by atoms with Gasteiger partial charge in [-0.15, -0.1) is 0 Å². The van der Waals surface area contributed by atoms with Gasteiger partial charge in [-0.25, -0.2) is 0 Å². The molecule has 0 saturated heterocycles. The SMILES string of the molecule is CC(C)(C)[Si](C)(C)C1Cc2cc(Nc3c(-c4ccccc4C(F)(F)F)oc4cnccc34)ccc2C1=O. The Bertz CT molecular complexity index is 1520. The highest BCUT2D eigenvalue weighted by Gasteiger charge is 2.48. The van der Waals surface area contributed by atoms with E-state index < -0.39 is 19.8 Å². The van der Waals surface area contributed by atoms with Gasteiger partial charge < -0.3 is 9.73 Å². The van der Waals surface area contributed by atoms with E-state index in [-0.39, 0.29) is 27.7 Å². The van der Waals surface area contributed by atoms with Crippen molar-refractivity contribution < 1.29 is 22.4 Å². The molecule has 0 fully saturated rings. The fraction of sp³-hybridized carbons (Fsp3) is 0.310. The largest absolute Gasteiger partial charge is 0.452 e. The van der Waals surface area contributed by atoms with E-state index in [1.165, 1.54) is 18.3 Å². The average molecular weight is 523 g/mol. The first kappa shape index (κ1) is 25.3. The third-order valence-electron chi connectivity index (χ3n) is 8.15. The summed E-state index contributed by atoms with van der Waals surface area (Å²) in [5.74, 6) is 0.291. The number of ketones is 1. The highest BCUT2D eigenvalue weighted by Crippen LogP contribution is 2.50. The Hall–Kier alpha value is -3.39. The zero-order valence-electron chi connectivity index (χ0n) is 21.5. The molecule has 37 heavy (non-hydrogen) atoms. The predicted octanol–water partition coefficient (Wildman–Crippen LogP) is 8.87. The maximum Gasteiger partial charge on any atom is 0.417 e. The van der Waals surface area contributed by atoms with E-state index in [0.717, 1.165) is 17.2 Å². The minimum Gasteiger partial charge on any atom is -0.452 e. The van der Waals surface area contributed by atoms with Gasteiger partial charge >= 0.3 is 6.18 Å². The summed E-state index contributed by atoms with van der Waals surface area (Å²) < 4.78 is 47.5. The number of nitrogens with one attached hydrogen (secondary N) is 1. The lowest BCUT2D eigenvalue weighted by Crippen LogP contribution is -2.44. The van der Waals surface area contributed by atoms with Gasteiger partial charge in [0.05, 0.1) is 25.5 Å². The molecule has 4 aromatic rings.